The Kier molecular flexibility index (Phi) is 9.38. The molecule has 0 radical (unpaired) electrons. The molecular formula is C12H12Br6O2. The monoisotopic (exact) mass is 662 g/mol. The van der Waals surface area contributed by atoms with Gasteiger partial charge in [0.25, 0.3) is 0 Å². The van der Waals surface area contributed by atoms with E-state index in [2.05, 4.69) is 95.6 Å². The Hall–Kier alpha value is 2.02. The van der Waals surface area contributed by atoms with E-state index < -0.39 is 4.29 Å². The van der Waals surface area contributed by atoms with Crippen molar-refractivity contribution in [1.82, 2.24) is 0 Å². The molecule has 0 aliphatic heterocycles. The molecule has 0 aliphatic rings. The minimum atomic E-state index is -0.445. The lowest BCUT2D eigenvalue weighted by atomic mass is 10.1. The molecule has 8 heteroatoms. The highest BCUT2D eigenvalue weighted by Gasteiger charge is 2.24. The summed E-state index contributed by atoms with van der Waals surface area (Å²) in [4.78, 5) is 0. The van der Waals surface area contributed by atoms with Crippen LogP contribution in [0.25, 0.3) is 0 Å². The highest BCUT2D eigenvalue weighted by atomic mass is 80.0. The molecule has 0 amide bonds. The number of alkyl halides is 6. The summed E-state index contributed by atoms with van der Waals surface area (Å²) in [5.74, 6) is 0. The van der Waals surface area contributed by atoms with Crippen LogP contribution in [0.15, 0.2) is 30.3 Å². The molecule has 0 N–H and O–H groups in total. The summed E-state index contributed by atoms with van der Waals surface area (Å²) in [5, 5.41) is 0. The van der Waals surface area contributed by atoms with Crippen molar-refractivity contribution in [3.8, 4) is 0 Å². The Morgan fingerprint density at radius 1 is 0.800 bits per heavy atom. The smallest absolute Gasteiger partial charge is 0.161 e. The van der Waals surface area contributed by atoms with Crippen molar-refractivity contribution >= 4 is 95.6 Å². The first kappa shape index (κ1) is 20.1. The number of ether oxygens (including phenoxy) is 2. The molecule has 1 rings (SSSR count). The largest absolute Gasteiger partial charge is 0.349 e. The molecule has 0 bridgehead atoms. The van der Waals surface area contributed by atoms with Gasteiger partial charge in [-0.05, 0) is 5.56 Å². The average Bonchev–Trinajstić information content (AvgIpc) is 2.32. The number of hydrogen-bond donors (Lipinski definition) is 0. The molecule has 0 aromatic heterocycles. The van der Waals surface area contributed by atoms with Crippen molar-refractivity contribution in [2.75, 3.05) is 13.2 Å². The first-order valence-electron chi connectivity index (χ1n) is 5.56. The number of rotatable bonds is 6. The lowest BCUT2D eigenvalue weighted by Crippen LogP contribution is -2.28. The summed E-state index contributed by atoms with van der Waals surface area (Å²) in [5.41, 5.74) is 1.16. The average molecular weight is 668 g/mol. The summed E-state index contributed by atoms with van der Waals surface area (Å²) in [6.07, 6.45) is 0.323. The van der Waals surface area contributed by atoms with Gasteiger partial charge in [0.05, 0.1) is 13.2 Å². The van der Waals surface area contributed by atoms with Crippen LogP contribution in [-0.2, 0) is 15.9 Å². The second-order valence-electron chi connectivity index (χ2n) is 3.97. The molecule has 0 fully saturated rings. The molecule has 1 aromatic rings. The number of halogens is 6. The van der Waals surface area contributed by atoms with E-state index in [0.717, 1.165) is 5.56 Å². The highest BCUT2D eigenvalue weighted by molar-refractivity contribution is 9.39. The second-order valence-corrected chi connectivity index (χ2v) is 18.5. The third kappa shape index (κ3) is 10.7. The van der Waals surface area contributed by atoms with Crippen LogP contribution in [0.4, 0.5) is 0 Å². The number of benzene rings is 1. The first-order chi connectivity index (χ1) is 9.16. The standard InChI is InChI=1S/C12H12Br6O2/c13-11(14,15)7-19-10(20-8-12(16,17)18)6-9-4-2-1-3-5-9/h1-5,10H,6-8H2. The lowest BCUT2D eigenvalue weighted by Gasteiger charge is -2.23. The van der Waals surface area contributed by atoms with Crippen LogP contribution >= 0.6 is 95.6 Å². The maximum atomic E-state index is 5.78. The minimum absolute atomic E-state index is 0.351. The topological polar surface area (TPSA) is 18.5 Å². The van der Waals surface area contributed by atoms with Crippen molar-refractivity contribution in [2.24, 2.45) is 0 Å². The Labute approximate surface area is 169 Å². The Morgan fingerprint density at radius 2 is 1.25 bits per heavy atom. The van der Waals surface area contributed by atoms with E-state index in [1.807, 2.05) is 30.3 Å². The van der Waals surface area contributed by atoms with Gasteiger partial charge in [0, 0.05) is 6.42 Å². The van der Waals surface area contributed by atoms with Gasteiger partial charge < -0.3 is 9.47 Å². The van der Waals surface area contributed by atoms with Crippen molar-refractivity contribution in [2.45, 2.75) is 17.0 Å². The van der Waals surface area contributed by atoms with E-state index in [1.165, 1.54) is 0 Å². The third-order valence-electron chi connectivity index (χ3n) is 2.11. The van der Waals surface area contributed by atoms with Crippen molar-refractivity contribution in [3.05, 3.63) is 35.9 Å². The molecule has 0 saturated carbocycles. The summed E-state index contributed by atoms with van der Waals surface area (Å²) in [7, 11) is 0. The predicted octanol–water partition coefficient (Wildman–Crippen LogP) is 6.27. The van der Waals surface area contributed by atoms with E-state index in [-0.39, 0.29) is 6.29 Å². The van der Waals surface area contributed by atoms with E-state index in [0.29, 0.717) is 19.6 Å². The molecule has 20 heavy (non-hydrogen) atoms. The van der Waals surface area contributed by atoms with Crippen LogP contribution in [-0.4, -0.2) is 23.8 Å². The van der Waals surface area contributed by atoms with Crippen molar-refractivity contribution < 1.29 is 9.47 Å². The van der Waals surface area contributed by atoms with Crippen LogP contribution in [0, 0.1) is 0 Å². The molecular weight excluding hydrogens is 656 g/mol. The van der Waals surface area contributed by atoms with Crippen molar-refractivity contribution in [1.29, 1.82) is 0 Å². The summed E-state index contributed by atoms with van der Waals surface area (Å²) >= 11 is 20.4. The van der Waals surface area contributed by atoms with Gasteiger partial charge in [0.15, 0.2) is 10.6 Å². The maximum absolute atomic E-state index is 5.78. The summed E-state index contributed by atoms with van der Waals surface area (Å²) < 4.78 is 10.7. The van der Waals surface area contributed by atoms with E-state index in [1.54, 1.807) is 0 Å². The molecule has 0 heterocycles. The Balaban J connectivity index is 2.59. The third-order valence-corrected chi connectivity index (χ3v) is 3.48. The molecule has 0 spiro atoms. The first-order valence-corrected chi connectivity index (χ1v) is 10.3. The molecule has 0 atom stereocenters. The zero-order chi connectivity index (χ0) is 15.2. The van der Waals surface area contributed by atoms with Crippen molar-refractivity contribution in [3.63, 3.8) is 0 Å². The Bertz CT molecular complexity index is 369. The van der Waals surface area contributed by atoms with Gasteiger partial charge in [-0.3, -0.25) is 0 Å². The zero-order valence-electron chi connectivity index (χ0n) is 10.2. The highest BCUT2D eigenvalue weighted by Crippen LogP contribution is 2.35. The normalized spacial score (nSPS) is 12.9. The van der Waals surface area contributed by atoms with Gasteiger partial charge in [-0.1, -0.05) is 126 Å². The fourth-order valence-electron chi connectivity index (χ4n) is 1.35. The molecule has 1 aromatic carbocycles. The van der Waals surface area contributed by atoms with E-state index >= 15 is 0 Å². The second kappa shape index (κ2) is 9.35. The van der Waals surface area contributed by atoms with Crippen LogP contribution in [0.5, 0.6) is 0 Å². The maximum Gasteiger partial charge on any atom is 0.161 e. The number of hydrogen-bond acceptors (Lipinski definition) is 2. The van der Waals surface area contributed by atoms with Gasteiger partial charge in [0.1, 0.15) is 0 Å². The van der Waals surface area contributed by atoms with Gasteiger partial charge >= 0.3 is 0 Å². The van der Waals surface area contributed by atoms with Gasteiger partial charge in [-0.15, -0.1) is 0 Å². The van der Waals surface area contributed by atoms with E-state index in [4.69, 9.17) is 9.47 Å². The SMILES string of the molecule is BrC(Br)(Br)COC(Cc1ccccc1)OCC(Br)(Br)Br. The fourth-order valence-corrected chi connectivity index (χ4v) is 2.14. The summed E-state index contributed by atoms with van der Waals surface area (Å²) in [6, 6.07) is 10.1. The quantitative estimate of drug-likeness (QED) is 0.264. The zero-order valence-corrected chi connectivity index (χ0v) is 19.7. The molecule has 0 saturated heterocycles. The Morgan fingerprint density at radius 3 is 1.65 bits per heavy atom. The van der Waals surface area contributed by atoms with Crippen LogP contribution in [0.1, 0.15) is 5.56 Å². The molecule has 114 valence electrons. The van der Waals surface area contributed by atoms with Gasteiger partial charge in [-0.25, -0.2) is 0 Å². The fraction of sp³-hybridized carbons (Fsp3) is 0.500. The van der Waals surface area contributed by atoms with Gasteiger partial charge in [0.2, 0.25) is 0 Å². The minimum Gasteiger partial charge on any atom is -0.349 e. The van der Waals surface area contributed by atoms with Crippen LogP contribution in [0.2, 0.25) is 0 Å². The van der Waals surface area contributed by atoms with Crippen LogP contribution in [0.3, 0.4) is 0 Å². The van der Waals surface area contributed by atoms with Gasteiger partial charge in [-0.2, -0.15) is 0 Å². The lowest BCUT2D eigenvalue weighted by molar-refractivity contribution is -0.136. The molecule has 0 aliphatic carbocycles. The molecule has 2 nitrogen and oxygen atoms in total. The predicted molar refractivity (Wildman–Crippen MR) is 105 cm³/mol. The molecule has 0 unspecified atom stereocenters. The van der Waals surface area contributed by atoms with E-state index in [9.17, 15) is 0 Å². The van der Waals surface area contributed by atoms with Crippen LogP contribution < -0.4 is 0 Å². The summed E-state index contributed by atoms with van der Waals surface area (Å²) in [6.45, 7) is 0.814.